The van der Waals surface area contributed by atoms with Gasteiger partial charge in [0.05, 0.1) is 37.2 Å². The predicted molar refractivity (Wildman–Crippen MR) is 100 cm³/mol. The minimum atomic E-state index is -0.579. The molecule has 2 saturated carbocycles. The molecular weight excluding hydrogens is 378 g/mol. The van der Waals surface area contributed by atoms with Crippen molar-refractivity contribution >= 4 is 23.7 Å². The molecule has 2 bridgehead atoms. The number of imide groups is 1. The molecule has 0 N–H and O–H groups in total. The molecule has 0 unspecified atom stereocenters. The summed E-state index contributed by atoms with van der Waals surface area (Å²) in [4.78, 5) is 36.6. The number of nitro benzene ring substituents is 1. The Kier molecular flexibility index (Phi) is 3.62. The molecule has 1 heterocycles. The van der Waals surface area contributed by atoms with Gasteiger partial charge in [-0.3, -0.25) is 19.7 Å². The van der Waals surface area contributed by atoms with E-state index in [0.29, 0.717) is 0 Å². The average molecular weight is 397 g/mol. The number of carbonyl (C=O) groups is 2. The van der Waals surface area contributed by atoms with Gasteiger partial charge in [0.1, 0.15) is 5.75 Å². The molecule has 9 nitrogen and oxygen atoms in total. The van der Waals surface area contributed by atoms with Crippen LogP contribution in [0.1, 0.15) is 18.4 Å². The fourth-order valence-corrected chi connectivity index (χ4v) is 5.45. The van der Waals surface area contributed by atoms with Gasteiger partial charge in [-0.15, -0.1) is 0 Å². The lowest BCUT2D eigenvalue weighted by Gasteiger charge is -2.18. The summed E-state index contributed by atoms with van der Waals surface area (Å²) in [6.45, 7) is 0. The summed E-state index contributed by atoms with van der Waals surface area (Å²) in [6, 6.07) is 2.63. The first-order valence-electron chi connectivity index (χ1n) is 9.43. The normalized spacial score (nSPS) is 30.5. The Bertz CT molecular complexity index is 978. The van der Waals surface area contributed by atoms with Gasteiger partial charge >= 0.3 is 5.69 Å². The number of hydrogen-bond donors (Lipinski definition) is 0. The number of amides is 2. The Labute approximate surface area is 166 Å². The van der Waals surface area contributed by atoms with Crippen molar-refractivity contribution in [1.82, 2.24) is 5.01 Å². The molecule has 1 spiro atoms. The molecular formula is C20H19N3O6. The molecule has 29 heavy (non-hydrogen) atoms. The molecule has 1 aromatic rings. The van der Waals surface area contributed by atoms with Crippen LogP contribution in [0, 0.1) is 39.2 Å². The highest BCUT2D eigenvalue weighted by Gasteiger charge is 2.73. The summed E-state index contributed by atoms with van der Waals surface area (Å²) >= 11 is 0. The third-order valence-corrected chi connectivity index (χ3v) is 6.87. The van der Waals surface area contributed by atoms with Crippen LogP contribution in [0.2, 0.25) is 0 Å². The molecule has 3 aliphatic carbocycles. The largest absolute Gasteiger partial charge is 0.496 e. The average Bonchev–Trinajstić information content (AvgIpc) is 3.32. The third-order valence-electron chi connectivity index (χ3n) is 6.87. The van der Waals surface area contributed by atoms with Crippen molar-refractivity contribution in [3.63, 3.8) is 0 Å². The monoisotopic (exact) mass is 397 g/mol. The molecule has 5 rings (SSSR count). The van der Waals surface area contributed by atoms with Crippen LogP contribution in [0.5, 0.6) is 11.5 Å². The molecule has 4 aliphatic rings. The van der Waals surface area contributed by atoms with E-state index in [9.17, 15) is 19.7 Å². The molecule has 3 fully saturated rings. The van der Waals surface area contributed by atoms with Gasteiger partial charge in [0.15, 0.2) is 0 Å². The first kappa shape index (κ1) is 17.8. The molecule has 1 saturated heterocycles. The zero-order valence-corrected chi connectivity index (χ0v) is 15.9. The Morgan fingerprint density at radius 2 is 1.69 bits per heavy atom. The van der Waals surface area contributed by atoms with E-state index in [-0.39, 0.29) is 63.7 Å². The molecule has 9 heteroatoms. The van der Waals surface area contributed by atoms with Crippen LogP contribution in [0.4, 0.5) is 5.69 Å². The van der Waals surface area contributed by atoms with E-state index in [1.807, 2.05) is 0 Å². The van der Waals surface area contributed by atoms with Crippen LogP contribution in [0.3, 0.4) is 0 Å². The van der Waals surface area contributed by atoms with Crippen molar-refractivity contribution < 1.29 is 24.0 Å². The highest BCUT2D eigenvalue weighted by molar-refractivity contribution is 6.07. The summed E-state index contributed by atoms with van der Waals surface area (Å²) in [5.41, 5.74) is 0.136. The Hall–Kier alpha value is -3.23. The topological polar surface area (TPSA) is 111 Å². The van der Waals surface area contributed by atoms with Crippen molar-refractivity contribution in [2.24, 2.45) is 34.2 Å². The summed E-state index contributed by atoms with van der Waals surface area (Å²) in [7, 11) is 2.73. The van der Waals surface area contributed by atoms with Crippen molar-refractivity contribution in [3.8, 4) is 11.5 Å². The fraction of sp³-hybridized carbons (Fsp3) is 0.450. The summed E-state index contributed by atoms with van der Waals surface area (Å²) in [5, 5.41) is 16.3. The van der Waals surface area contributed by atoms with Crippen molar-refractivity contribution in [2.45, 2.75) is 12.8 Å². The number of ether oxygens (including phenoxy) is 2. The number of hydrogen-bond acceptors (Lipinski definition) is 7. The maximum Gasteiger partial charge on any atom is 0.311 e. The lowest BCUT2D eigenvalue weighted by Crippen LogP contribution is -2.30. The van der Waals surface area contributed by atoms with E-state index < -0.39 is 4.92 Å². The van der Waals surface area contributed by atoms with Crippen LogP contribution < -0.4 is 9.47 Å². The van der Waals surface area contributed by atoms with Crippen LogP contribution in [-0.4, -0.2) is 42.2 Å². The molecule has 1 aliphatic heterocycles. The van der Waals surface area contributed by atoms with Gasteiger partial charge in [-0.2, -0.15) is 10.1 Å². The second kappa shape index (κ2) is 5.88. The number of rotatable bonds is 5. The highest BCUT2D eigenvalue weighted by atomic mass is 16.6. The van der Waals surface area contributed by atoms with Crippen LogP contribution in [0.25, 0.3) is 0 Å². The van der Waals surface area contributed by atoms with Gasteiger partial charge in [-0.05, 0) is 30.1 Å². The number of nitro groups is 1. The molecule has 150 valence electrons. The summed E-state index contributed by atoms with van der Waals surface area (Å²) in [5.74, 6) is -0.703. The Morgan fingerprint density at radius 1 is 1.10 bits per heavy atom. The second-order valence-electron chi connectivity index (χ2n) is 7.98. The van der Waals surface area contributed by atoms with Crippen molar-refractivity contribution in [1.29, 1.82) is 0 Å². The number of methoxy groups -OCH3 is 2. The predicted octanol–water partition coefficient (Wildman–Crippen LogP) is 2.14. The highest BCUT2D eigenvalue weighted by Crippen LogP contribution is 2.73. The smallest absolute Gasteiger partial charge is 0.311 e. The second-order valence-corrected chi connectivity index (χ2v) is 7.98. The number of nitrogens with zero attached hydrogens (tertiary/aromatic N) is 3. The number of benzene rings is 1. The van der Waals surface area contributed by atoms with Gasteiger partial charge in [0.25, 0.3) is 11.8 Å². The van der Waals surface area contributed by atoms with Crippen LogP contribution in [-0.2, 0) is 9.59 Å². The van der Waals surface area contributed by atoms with E-state index in [1.165, 1.54) is 32.6 Å². The third kappa shape index (κ3) is 2.24. The Balaban J connectivity index is 1.46. The van der Waals surface area contributed by atoms with Crippen LogP contribution >= 0.6 is 0 Å². The molecule has 4 atom stereocenters. The van der Waals surface area contributed by atoms with E-state index in [0.717, 1.165) is 17.9 Å². The minimum absolute atomic E-state index is 0.0456. The van der Waals surface area contributed by atoms with Crippen molar-refractivity contribution in [3.05, 3.63) is 40.0 Å². The van der Waals surface area contributed by atoms with E-state index >= 15 is 0 Å². The minimum Gasteiger partial charge on any atom is -0.496 e. The van der Waals surface area contributed by atoms with E-state index in [2.05, 4.69) is 17.3 Å². The molecule has 2 amide bonds. The quantitative estimate of drug-likeness (QED) is 0.247. The van der Waals surface area contributed by atoms with Gasteiger partial charge in [0.2, 0.25) is 5.75 Å². The first-order valence-corrected chi connectivity index (χ1v) is 9.43. The SMILES string of the molecule is COc1cc(OC)c([N+](=O)[O-])cc1/C=N\N1C(=O)[C@H]2[C@H](C1=O)[C@H]1C=C[C@H]2C12CC2. The van der Waals surface area contributed by atoms with Gasteiger partial charge in [-0.1, -0.05) is 12.2 Å². The van der Waals surface area contributed by atoms with E-state index in [4.69, 9.17) is 9.47 Å². The summed E-state index contributed by atoms with van der Waals surface area (Å²) in [6.07, 6.45) is 7.57. The number of hydrazone groups is 1. The zero-order valence-electron chi connectivity index (χ0n) is 15.9. The van der Waals surface area contributed by atoms with E-state index in [1.54, 1.807) is 0 Å². The number of carbonyl (C=O) groups excluding carboxylic acids is 2. The lowest BCUT2D eigenvalue weighted by molar-refractivity contribution is -0.385. The zero-order chi connectivity index (χ0) is 20.5. The van der Waals surface area contributed by atoms with Gasteiger partial charge < -0.3 is 9.47 Å². The maximum absolute atomic E-state index is 13.0. The Morgan fingerprint density at radius 3 is 2.17 bits per heavy atom. The number of allylic oxidation sites excluding steroid dienone is 2. The maximum atomic E-state index is 13.0. The molecule has 1 aromatic carbocycles. The van der Waals surface area contributed by atoms with Gasteiger partial charge in [-0.25, -0.2) is 0 Å². The summed E-state index contributed by atoms with van der Waals surface area (Å²) < 4.78 is 10.3. The first-order chi connectivity index (χ1) is 13.9. The molecule has 0 radical (unpaired) electrons. The van der Waals surface area contributed by atoms with Crippen molar-refractivity contribution in [2.75, 3.05) is 14.2 Å². The fourth-order valence-electron chi connectivity index (χ4n) is 5.45. The number of fused-ring (bicyclic) bond motifs is 3. The lowest BCUT2D eigenvalue weighted by atomic mass is 9.85. The molecule has 0 aromatic heterocycles. The van der Waals surface area contributed by atoms with Crippen LogP contribution in [0.15, 0.2) is 29.4 Å². The standard InChI is InChI=1S/C20H19N3O6/c1-28-14-8-15(29-2)13(23(26)27)7-10(14)9-21-22-18(24)16-11-3-4-12(17(16)19(22)25)20(11)5-6-20/h3-4,7-9,11-12,16-17H,5-6H2,1-2H3/b21-9-/t11-,12-,16-,17-/m1/s1. The van der Waals surface area contributed by atoms with Gasteiger partial charge in [0, 0.05) is 17.7 Å².